The second kappa shape index (κ2) is 6.25. The highest BCUT2D eigenvalue weighted by molar-refractivity contribution is 6.32. The van der Waals surface area contributed by atoms with Crippen LogP contribution < -0.4 is 4.74 Å². The lowest BCUT2D eigenvalue weighted by atomic mass is 10.1. The molecule has 1 unspecified atom stereocenters. The molecule has 1 aliphatic rings. The molecule has 0 aliphatic carbocycles. The van der Waals surface area contributed by atoms with E-state index in [-0.39, 0.29) is 6.29 Å². The van der Waals surface area contributed by atoms with Crippen molar-refractivity contribution in [1.29, 1.82) is 0 Å². The first-order chi connectivity index (χ1) is 9.84. The van der Waals surface area contributed by atoms with Gasteiger partial charge in [0.15, 0.2) is 6.29 Å². The summed E-state index contributed by atoms with van der Waals surface area (Å²) in [7, 11) is 0. The van der Waals surface area contributed by atoms with Crippen LogP contribution in [0.2, 0.25) is 5.02 Å². The van der Waals surface area contributed by atoms with Crippen LogP contribution in [0.5, 0.6) is 5.75 Å². The molecular formula is C16H16ClNO2. The maximum atomic E-state index is 6.30. The predicted molar refractivity (Wildman–Crippen MR) is 78.9 cm³/mol. The molecule has 0 saturated carbocycles. The van der Waals surface area contributed by atoms with Crippen molar-refractivity contribution in [3.05, 3.63) is 47.7 Å². The first kappa shape index (κ1) is 13.4. The molecule has 1 saturated heterocycles. The van der Waals surface area contributed by atoms with Crippen LogP contribution in [-0.2, 0) is 4.74 Å². The minimum absolute atomic E-state index is 0.204. The lowest BCUT2D eigenvalue weighted by molar-refractivity contribution is -0.105. The van der Waals surface area contributed by atoms with E-state index in [1.165, 1.54) is 0 Å². The number of para-hydroxylation sites is 1. The number of hydrogen-bond acceptors (Lipinski definition) is 3. The van der Waals surface area contributed by atoms with Gasteiger partial charge in [-0.15, -0.1) is 0 Å². The minimum Gasteiger partial charge on any atom is -0.463 e. The van der Waals surface area contributed by atoms with Gasteiger partial charge in [-0.3, -0.25) is 4.98 Å². The molecule has 1 aromatic heterocycles. The van der Waals surface area contributed by atoms with Gasteiger partial charge in [0.2, 0.25) is 0 Å². The van der Waals surface area contributed by atoms with Crippen molar-refractivity contribution < 1.29 is 9.47 Å². The summed E-state index contributed by atoms with van der Waals surface area (Å²) in [5, 5.41) is 0.605. The molecule has 1 atom stereocenters. The summed E-state index contributed by atoms with van der Waals surface area (Å²) in [5.41, 5.74) is 2.00. The molecule has 0 amide bonds. The quantitative estimate of drug-likeness (QED) is 0.844. The van der Waals surface area contributed by atoms with Crippen LogP contribution >= 0.6 is 11.6 Å². The third-order valence-corrected chi connectivity index (χ3v) is 3.64. The maximum absolute atomic E-state index is 6.30. The van der Waals surface area contributed by atoms with Crippen LogP contribution in [0.4, 0.5) is 0 Å². The van der Waals surface area contributed by atoms with Gasteiger partial charge in [0.05, 0.1) is 11.6 Å². The number of hydrogen-bond donors (Lipinski definition) is 0. The Morgan fingerprint density at radius 2 is 2.00 bits per heavy atom. The summed E-state index contributed by atoms with van der Waals surface area (Å²) in [6.07, 6.45) is 6.44. The molecule has 1 aliphatic heterocycles. The third kappa shape index (κ3) is 2.94. The van der Waals surface area contributed by atoms with Crippen molar-refractivity contribution in [2.75, 3.05) is 6.61 Å². The molecule has 104 valence electrons. The molecule has 0 spiro atoms. The SMILES string of the molecule is Clc1cccc(-c2ccncc2)c1OC1CCCCO1. The fraction of sp³-hybridized carbons (Fsp3) is 0.312. The third-order valence-electron chi connectivity index (χ3n) is 3.35. The van der Waals surface area contributed by atoms with Gasteiger partial charge in [0.1, 0.15) is 5.75 Å². The van der Waals surface area contributed by atoms with Gasteiger partial charge in [-0.1, -0.05) is 23.7 Å². The standard InChI is InChI=1S/C16H16ClNO2/c17-14-5-3-4-13(12-7-9-18-10-8-12)16(14)20-15-6-1-2-11-19-15/h3-5,7-10,15H,1-2,6,11H2. The van der Waals surface area contributed by atoms with E-state index in [1.807, 2.05) is 30.3 Å². The molecule has 3 rings (SSSR count). The first-order valence-electron chi connectivity index (χ1n) is 6.82. The van der Waals surface area contributed by atoms with E-state index in [9.17, 15) is 0 Å². The summed E-state index contributed by atoms with van der Waals surface area (Å²) in [6, 6.07) is 9.65. The average molecular weight is 290 g/mol. The van der Waals surface area contributed by atoms with Crippen molar-refractivity contribution in [1.82, 2.24) is 4.98 Å². The number of benzene rings is 1. The van der Waals surface area contributed by atoms with E-state index >= 15 is 0 Å². The minimum atomic E-state index is -0.204. The zero-order valence-electron chi connectivity index (χ0n) is 11.1. The summed E-state index contributed by atoms with van der Waals surface area (Å²) >= 11 is 6.30. The lowest BCUT2D eigenvalue weighted by Gasteiger charge is -2.25. The monoisotopic (exact) mass is 289 g/mol. The Morgan fingerprint density at radius 3 is 2.75 bits per heavy atom. The molecule has 0 N–H and O–H groups in total. The van der Waals surface area contributed by atoms with E-state index in [4.69, 9.17) is 21.1 Å². The summed E-state index contributed by atoms with van der Waals surface area (Å²) < 4.78 is 11.6. The molecule has 20 heavy (non-hydrogen) atoms. The number of rotatable bonds is 3. The Hall–Kier alpha value is -1.58. The van der Waals surface area contributed by atoms with Crippen LogP contribution in [-0.4, -0.2) is 17.9 Å². The van der Waals surface area contributed by atoms with Crippen molar-refractivity contribution in [2.45, 2.75) is 25.6 Å². The van der Waals surface area contributed by atoms with Gasteiger partial charge in [0, 0.05) is 24.4 Å². The van der Waals surface area contributed by atoms with Crippen LogP contribution in [0.15, 0.2) is 42.7 Å². The second-order valence-corrected chi connectivity index (χ2v) is 5.17. The number of pyridine rings is 1. The Labute approximate surface area is 123 Å². The molecule has 2 heterocycles. The Morgan fingerprint density at radius 1 is 1.15 bits per heavy atom. The van der Waals surface area contributed by atoms with Gasteiger partial charge in [0.25, 0.3) is 0 Å². The average Bonchev–Trinajstić information content (AvgIpc) is 2.51. The Bertz CT molecular complexity index is 568. The fourth-order valence-corrected chi connectivity index (χ4v) is 2.54. The highest BCUT2D eigenvalue weighted by atomic mass is 35.5. The molecule has 2 aromatic rings. The van der Waals surface area contributed by atoms with E-state index in [0.29, 0.717) is 10.8 Å². The predicted octanol–water partition coefficient (Wildman–Crippen LogP) is 4.31. The molecule has 1 aromatic carbocycles. The second-order valence-electron chi connectivity index (χ2n) is 4.77. The number of halogens is 1. The molecule has 1 fully saturated rings. The van der Waals surface area contributed by atoms with E-state index in [1.54, 1.807) is 12.4 Å². The van der Waals surface area contributed by atoms with Crippen LogP contribution in [0.3, 0.4) is 0 Å². The van der Waals surface area contributed by atoms with Gasteiger partial charge in [-0.2, -0.15) is 0 Å². The molecule has 3 nitrogen and oxygen atoms in total. The highest BCUT2D eigenvalue weighted by Gasteiger charge is 2.19. The number of nitrogens with zero attached hydrogens (tertiary/aromatic N) is 1. The molecular weight excluding hydrogens is 274 g/mol. The molecule has 4 heteroatoms. The van der Waals surface area contributed by atoms with Crippen LogP contribution in [0.25, 0.3) is 11.1 Å². The van der Waals surface area contributed by atoms with E-state index < -0.39 is 0 Å². The number of aromatic nitrogens is 1. The van der Waals surface area contributed by atoms with Gasteiger partial charge in [-0.25, -0.2) is 0 Å². The van der Waals surface area contributed by atoms with Gasteiger partial charge < -0.3 is 9.47 Å². The van der Waals surface area contributed by atoms with Crippen molar-refractivity contribution in [2.24, 2.45) is 0 Å². The summed E-state index contributed by atoms with van der Waals surface area (Å²) in [6.45, 7) is 0.750. The summed E-state index contributed by atoms with van der Waals surface area (Å²) in [4.78, 5) is 4.04. The fourth-order valence-electron chi connectivity index (χ4n) is 2.32. The Kier molecular flexibility index (Phi) is 4.19. The first-order valence-corrected chi connectivity index (χ1v) is 7.19. The smallest absolute Gasteiger partial charge is 0.199 e. The highest BCUT2D eigenvalue weighted by Crippen LogP contribution is 2.37. The van der Waals surface area contributed by atoms with Crippen LogP contribution in [0.1, 0.15) is 19.3 Å². The molecule has 0 bridgehead atoms. The van der Waals surface area contributed by atoms with E-state index in [0.717, 1.165) is 37.0 Å². The topological polar surface area (TPSA) is 31.4 Å². The van der Waals surface area contributed by atoms with Crippen LogP contribution in [0, 0.1) is 0 Å². The Balaban J connectivity index is 1.92. The number of ether oxygens (including phenoxy) is 2. The lowest BCUT2D eigenvalue weighted by Crippen LogP contribution is -2.25. The largest absolute Gasteiger partial charge is 0.463 e. The van der Waals surface area contributed by atoms with Crippen molar-refractivity contribution in [3.63, 3.8) is 0 Å². The zero-order valence-corrected chi connectivity index (χ0v) is 11.8. The van der Waals surface area contributed by atoms with Crippen molar-refractivity contribution in [3.8, 4) is 16.9 Å². The van der Waals surface area contributed by atoms with Gasteiger partial charge in [-0.05, 0) is 36.6 Å². The normalized spacial score (nSPS) is 18.8. The maximum Gasteiger partial charge on any atom is 0.199 e. The summed E-state index contributed by atoms with van der Waals surface area (Å²) in [5.74, 6) is 0.687. The van der Waals surface area contributed by atoms with Crippen molar-refractivity contribution >= 4 is 11.6 Å². The molecule has 0 radical (unpaired) electrons. The zero-order chi connectivity index (χ0) is 13.8. The van der Waals surface area contributed by atoms with Gasteiger partial charge >= 0.3 is 0 Å². The van der Waals surface area contributed by atoms with E-state index in [2.05, 4.69) is 4.98 Å².